The number of thiophene rings is 1. The lowest BCUT2D eigenvalue weighted by atomic mass is 10.2. The van der Waals surface area contributed by atoms with E-state index in [4.69, 9.17) is 5.73 Å². The number of rotatable bonds is 2. The fraction of sp³-hybridized carbons (Fsp3) is 0.308. The van der Waals surface area contributed by atoms with Crippen LogP contribution < -0.4 is 11.1 Å². The van der Waals surface area contributed by atoms with Crippen molar-refractivity contribution >= 4 is 44.8 Å². The van der Waals surface area contributed by atoms with E-state index in [2.05, 4.69) is 5.32 Å². The van der Waals surface area contributed by atoms with Crippen molar-refractivity contribution in [3.8, 4) is 0 Å². The molecule has 6 heteroatoms. The van der Waals surface area contributed by atoms with Crippen LogP contribution in [0.1, 0.15) is 16.1 Å². The van der Waals surface area contributed by atoms with Crippen LogP contribution in [0.3, 0.4) is 0 Å². The molecule has 1 atom stereocenters. The van der Waals surface area contributed by atoms with Crippen LogP contribution in [0.5, 0.6) is 0 Å². The summed E-state index contributed by atoms with van der Waals surface area (Å²) in [7, 11) is 0. The Kier molecular flexibility index (Phi) is 3.36. The molecule has 1 aromatic heterocycles. The molecule has 1 amide bonds. The van der Waals surface area contributed by atoms with Crippen molar-refractivity contribution in [2.45, 2.75) is 12.5 Å². The van der Waals surface area contributed by atoms with Gasteiger partial charge in [0, 0.05) is 21.9 Å². The van der Waals surface area contributed by atoms with Crippen molar-refractivity contribution in [1.82, 2.24) is 5.32 Å². The van der Waals surface area contributed by atoms with E-state index < -0.39 is 0 Å². The van der Waals surface area contributed by atoms with Gasteiger partial charge in [-0.2, -0.15) is 11.8 Å². The first-order valence-corrected chi connectivity index (χ1v) is 7.98. The molecular weight excluding hydrogens is 283 g/mol. The summed E-state index contributed by atoms with van der Waals surface area (Å²) in [5, 5.41) is 3.61. The summed E-state index contributed by atoms with van der Waals surface area (Å²) >= 11 is 3.15. The van der Waals surface area contributed by atoms with Crippen LogP contribution in [0.15, 0.2) is 18.2 Å². The van der Waals surface area contributed by atoms with Gasteiger partial charge >= 0.3 is 0 Å². The first kappa shape index (κ1) is 12.7. The summed E-state index contributed by atoms with van der Waals surface area (Å²) in [6.45, 7) is 0. The van der Waals surface area contributed by atoms with Crippen LogP contribution in [0.4, 0.5) is 10.1 Å². The van der Waals surface area contributed by atoms with E-state index in [0.29, 0.717) is 16.0 Å². The number of hydrogen-bond donors (Lipinski definition) is 2. The molecule has 0 aliphatic carbocycles. The molecule has 1 aromatic carbocycles. The largest absolute Gasteiger partial charge is 0.397 e. The molecule has 1 aliphatic rings. The van der Waals surface area contributed by atoms with E-state index >= 15 is 0 Å². The van der Waals surface area contributed by atoms with Gasteiger partial charge in [0.25, 0.3) is 5.91 Å². The van der Waals surface area contributed by atoms with Crippen LogP contribution in [-0.2, 0) is 0 Å². The number of carbonyl (C=O) groups is 1. The molecule has 2 aromatic rings. The van der Waals surface area contributed by atoms with Crippen molar-refractivity contribution in [2.75, 3.05) is 17.2 Å². The molecule has 1 aliphatic heterocycles. The van der Waals surface area contributed by atoms with Gasteiger partial charge in [-0.1, -0.05) is 0 Å². The third kappa shape index (κ3) is 2.42. The van der Waals surface area contributed by atoms with E-state index in [9.17, 15) is 9.18 Å². The molecule has 0 spiro atoms. The van der Waals surface area contributed by atoms with Gasteiger partial charge < -0.3 is 11.1 Å². The van der Waals surface area contributed by atoms with E-state index in [1.807, 2.05) is 11.8 Å². The maximum absolute atomic E-state index is 13.2. The van der Waals surface area contributed by atoms with Gasteiger partial charge in [-0.05, 0) is 30.4 Å². The SMILES string of the molecule is Nc1c(C(=O)NC2CCSC2)sc2ccc(F)cc12. The van der Waals surface area contributed by atoms with Gasteiger partial charge in [-0.3, -0.25) is 4.79 Å². The molecule has 19 heavy (non-hydrogen) atoms. The van der Waals surface area contributed by atoms with Gasteiger partial charge in [0.15, 0.2) is 0 Å². The highest BCUT2D eigenvalue weighted by Gasteiger charge is 2.22. The lowest BCUT2D eigenvalue weighted by molar-refractivity contribution is 0.0946. The minimum atomic E-state index is -0.337. The predicted molar refractivity (Wildman–Crippen MR) is 79.4 cm³/mol. The third-order valence-corrected chi connectivity index (χ3v) is 5.51. The molecule has 1 saturated heterocycles. The van der Waals surface area contributed by atoms with Crippen molar-refractivity contribution in [3.63, 3.8) is 0 Å². The number of hydrogen-bond acceptors (Lipinski definition) is 4. The number of fused-ring (bicyclic) bond motifs is 1. The second-order valence-electron chi connectivity index (χ2n) is 4.52. The molecule has 0 radical (unpaired) electrons. The van der Waals surface area contributed by atoms with Crippen molar-refractivity contribution in [2.24, 2.45) is 0 Å². The Morgan fingerprint density at radius 3 is 3.05 bits per heavy atom. The van der Waals surface area contributed by atoms with Crippen LogP contribution >= 0.6 is 23.1 Å². The minimum Gasteiger partial charge on any atom is -0.397 e. The lowest BCUT2D eigenvalue weighted by Gasteiger charge is -2.10. The normalized spacial score (nSPS) is 18.9. The third-order valence-electron chi connectivity index (χ3n) is 3.16. The average molecular weight is 296 g/mol. The van der Waals surface area contributed by atoms with E-state index in [0.717, 1.165) is 22.6 Å². The average Bonchev–Trinajstić information content (AvgIpc) is 2.98. The first-order valence-electron chi connectivity index (χ1n) is 6.01. The molecule has 1 fully saturated rings. The predicted octanol–water partition coefficient (Wildman–Crippen LogP) is 2.86. The summed E-state index contributed by atoms with van der Waals surface area (Å²) in [6, 6.07) is 4.64. The molecule has 3 N–H and O–H groups in total. The Morgan fingerprint density at radius 2 is 2.32 bits per heavy atom. The molecule has 100 valence electrons. The fourth-order valence-electron chi connectivity index (χ4n) is 2.16. The van der Waals surface area contributed by atoms with Gasteiger partial charge in [-0.25, -0.2) is 4.39 Å². The second kappa shape index (κ2) is 5.02. The van der Waals surface area contributed by atoms with Gasteiger partial charge in [-0.15, -0.1) is 11.3 Å². The topological polar surface area (TPSA) is 55.1 Å². The maximum atomic E-state index is 13.2. The number of thioether (sulfide) groups is 1. The number of anilines is 1. The number of benzene rings is 1. The van der Waals surface area contributed by atoms with Crippen molar-refractivity contribution in [3.05, 3.63) is 28.9 Å². The summed E-state index contributed by atoms with van der Waals surface area (Å²) in [6.07, 6.45) is 0.996. The number of nitrogens with two attached hydrogens (primary N) is 1. The Bertz CT molecular complexity index is 635. The lowest BCUT2D eigenvalue weighted by Crippen LogP contribution is -2.34. The van der Waals surface area contributed by atoms with E-state index in [-0.39, 0.29) is 17.8 Å². The molecule has 0 saturated carbocycles. The molecule has 0 bridgehead atoms. The van der Waals surface area contributed by atoms with Crippen LogP contribution in [0, 0.1) is 5.82 Å². The highest BCUT2D eigenvalue weighted by molar-refractivity contribution is 7.99. The molecule has 1 unspecified atom stereocenters. The number of nitrogens with one attached hydrogen (secondary N) is 1. The fourth-order valence-corrected chi connectivity index (χ4v) is 4.32. The summed E-state index contributed by atoms with van der Waals surface area (Å²) < 4.78 is 14.0. The first-order chi connectivity index (χ1) is 9.15. The smallest absolute Gasteiger partial charge is 0.263 e. The van der Waals surface area contributed by atoms with Crippen molar-refractivity contribution in [1.29, 1.82) is 0 Å². The minimum absolute atomic E-state index is 0.147. The number of halogens is 1. The zero-order valence-electron chi connectivity index (χ0n) is 10.1. The van der Waals surface area contributed by atoms with E-state index in [1.165, 1.54) is 23.5 Å². The highest BCUT2D eigenvalue weighted by Crippen LogP contribution is 2.34. The summed E-state index contributed by atoms with van der Waals surface area (Å²) in [4.78, 5) is 12.7. The van der Waals surface area contributed by atoms with Gasteiger partial charge in [0.05, 0.1) is 5.69 Å². The van der Waals surface area contributed by atoms with Crippen LogP contribution in [0.2, 0.25) is 0 Å². The second-order valence-corrected chi connectivity index (χ2v) is 6.72. The Balaban J connectivity index is 1.91. The quantitative estimate of drug-likeness (QED) is 0.896. The maximum Gasteiger partial charge on any atom is 0.263 e. The van der Waals surface area contributed by atoms with Crippen molar-refractivity contribution < 1.29 is 9.18 Å². The number of nitrogen functional groups attached to an aromatic ring is 1. The van der Waals surface area contributed by atoms with E-state index in [1.54, 1.807) is 6.07 Å². The monoisotopic (exact) mass is 296 g/mol. The Hall–Kier alpha value is -1.27. The molecule has 2 heterocycles. The molecule has 3 nitrogen and oxygen atoms in total. The highest BCUT2D eigenvalue weighted by atomic mass is 32.2. The molecule has 3 rings (SSSR count). The van der Waals surface area contributed by atoms with Crippen LogP contribution in [-0.4, -0.2) is 23.5 Å². The zero-order chi connectivity index (χ0) is 13.4. The zero-order valence-corrected chi connectivity index (χ0v) is 11.7. The summed E-state index contributed by atoms with van der Waals surface area (Å²) in [5.74, 6) is 1.55. The van der Waals surface area contributed by atoms with Crippen LogP contribution in [0.25, 0.3) is 10.1 Å². The summed E-state index contributed by atoms with van der Waals surface area (Å²) in [5.41, 5.74) is 6.34. The standard InChI is InChI=1S/C13H13FN2OS2/c14-7-1-2-10-9(5-7)11(15)12(19-10)13(17)16-8-3-4-18-6-8/h1-2,5,8H,3-4,6,15H2,(H,16,17). The van der Waals surface area contributed by atoms with Gasteiger partial charge in [0.2, 0.25) is 0 Å². The number of amides is 1. The number of carbonyl (C=O) groups excluding carboxylic acids is 1. The van der Waals surface area contributed by atoms with Gasteiger partial charge in [0.1, 0.15) is 10.7 Å². The Morgan fingerprint density at radius 1 is 1.47 bits per heavy atom. The Labute approximate surface area is 118 Å². The molecular formula is C13H13FN2OS2.